The first-order chi connectivity index (χ1) is 7.87. The average Bonchev–Trinajstić information content (AvgIpc) is 2.28. The van der Waals surface area contributed by atoms with Crippen LogP contribution in [0.2, 0.25) is 0 Å². The number of aryl methyl sites for hydroxylation is 1. The minimum Gasteiger partial charge on any atom is -0.384 e. The fourth-order valence-corrected chi connectivity index (χ4v) is 2.54. The van der Waals surface area contributed by atoms with Crippen LogP contribution in [0.3, 0.4) is 0 Å². The Morgan fingerprint density at radius 1 is 1.35 bits per heavy atom. The fourth-order valence-electron chi connectivity index (χ4n) is 2.54. The van der Waals surface area contributed by atoms with E-state index in [9.17, 15) is 5.11 Å². The highest BCUT2D eigenvalue weighted by Crippen LogP contribution is 2.37. The zero-order valence-electron chi connectivity index (χ0n) is 11.4. The summed E-state index contributed by atoms with van der Waals surface area (Å²) >= 11 is 0. The maximum Gasteiger partial charge on any atom is 0.107 e. The first-order valence-corrected chi connectivity index (χ1v) is 6.60. The van der Waals surface area contributed by atoms with Gasteiger partial charge in [-0.1, -0.05) is 33.8 Å². The van der Waals surface area contributed by atoms with Crippen molar-refractivity contribution in [3.05, 3.63) is 29.1 Å². The molecule has 0 saturated carbocycles. The van der Waals surface area contributed by atoms with Crippen LogP contribution in [0, 0.1) is 0 Å². The van der Waals surface area contributed by atoms with Gasteiger partial charge in [0, 0.05) is 11.1 Å². The lowest BCUT2D eigenvalue weighted by Gasteiger charge is -2.34. The summed E-state index contributed by atoms with van der Waals surface area (Å²) in [5.41, 5.74) is 2.58. The van der Waals surface area contributed by atoms with E-state index >= 15 is 0 Å². The van der Waals surface area contributed by atoms with Crippen molar-refractivity contribution in [3.8, 4) is 0 Å². The normalized spacial score (nSPS) is 24.5. The van der Waals surface area contributed by atoms with Gasteiger partial charge in [-0.15, -0.1) is 0 Å². The molecule has 1 aromatic heterocycles. The monoisotopic (exact) mass is 233 g/mol. The molecule has 2 heteroatoms. The SMILES string of the molecule is CCC1(O)CCCc2ccc(C(C)(C)C)nc21. The molecular weight excluding hydrogens is 210 g/mol. The first kappa shape index (κ1) is 12.6. The van der Waals surface area contributed by atoms with Crippen LogP contribution in [-0.4, -0.2) is 10.1 Å². The van der Waals surface area contributed by atoms with Crippen molar-refractivity contribution >= 4 is 0 Å². The number of fused-ring (bicyclic) bond motifs is 1. The standard InChI is InChI=1S/C15H23NO/c1-5-15(17)10-6-7-11-8-9-12(14(2,3)4)16-13(11)15/h8-9,17H,5-7,10H2,1-4H3. The van der Waals surface area contributed by atoms with Gasteiger partial charge in [0.15, 0.2) is 0 Å². The van der Waals surface area contributed by atoms with Crippen molar-refractivity contribution in [1.82, 2.24) is 4.98 Å². The molecule has 0 saturated heterocycles. The van der Waals surface area contributed by atoms with Crippen LogP contribution in [0.1, 0.15) is 63.9 Å². The second-order valence-corrected chi connectivity index (χ2v) is 6.19. The molecule has 1 heterocycles. The van der Waals surface area contributed by atoms with Gasteiger partial charge in [0.05, 0.1) is 5.69 Å². The Balaban J connectivity index is 2.52. The molecule has 1 N–H and O–H groups in total. The van der Waals surface area contributed by atoms with E-state index in [0.29, 0.717) is 0 Å². The summed E-state index contributed by atoms with van der Waals surface area (Å²) in [6.45, 7) is 8.53. The van der Waals surface area contributed by atoms with E-state index in [2.05, 4.69) is 32.9 Å². The third kappa shape index (κ3) is 2.23. The molecular formula is C15H23NO. The average molecular weight is 233 g/mol. The molecule has 1 aromatic rings. The second kappa shape index (κ2) is 4.09. The minimum absolute atomic E-state index is 0.0428. The number of nitrogens with zero attached hydrogens (tertiary/aromatic N) is 1. The number of aromatic nitrogens is 1. The molecule has 94 valence electrons. The Morgan fingerprint density at radius 2 is 2.06 bits per heavy atom. The lowest BCUT2D eigenvalue weighted by molar-refractivity contribution is 0.00995. The molecule has 2 nitrogen and oxygen atoms in total. The lowest BCUT2D eigenvalue weighted by Crippen LogP contribution is -2.32. The number of aliphatic hydroxyl groups is 1. The van der Waals surface area contributed by atoms with Crippen molar-refractivity contribution in [2.24, 2.45) is 0 Å². The summed E-state index contributed by atoms with van der Waals surface area (Å²) in [5, 5.41) is 10.7. The number of rotatable bonds is 1. The van der Waals surface area contributed by atoms with Crippen LogP contribution < -0.4 is 0 Å². The van der Waals surface area contributed by atoms with Crippen LogP contribution in [0.5, 0.6) is 0 Å². The van der Waals surface area contributed by atoms with Gasteiger partial charge < -0.3 is 5.11 Å². The summed E-state index contributed by atoms with van der Waals surface area (Å²) in [6, 6.07) is 4.27. The van der Waals surface area contributed by atoms with E-state index in [1.165, 1.54) is 5.56 Å². The molecule has 0 aliphatic heterocycles. The molecule has 0 spiro atoms. The van der Waals surface area contributed by atoms with Crippen LogP contribution in [0.15, 0.2) is 12.1 Å². The molecule has 0 amide bonds. The number of hydrogen-bond acceptors (Lipinski definition) is 2. The molecule has 2 rings (SSSR count). The van der Waals surface area contributed by atoms with Crippen molar-refractivity contribution < 1.29 is 5.11 Å². The van der Waals surface area contributed by atoms with Crippen molar-refractivity contribution in [2.45, 2.75) is 64.4 Å². The van der Waals surface area contributed by atoms with Crippen LogP contribution >= 0.6 is 0 Å². The summed E-state index contributed by atoms with van der Waals surface area (Å²) in [7, 11) is 0. The van der Waals surface area contributed by atoms with Crippen molar-refractivity contribution in [2.75, 3.05) is 0 Å². The highest BCUT2D eigenvalue weighted by atomic mass is 16.3. The quantitative estimate of drug-likeness (QED) is 0.807. The Kier molecular flexibility index (Phi) is 3.03. The van der Waals surface area contributed by atoms with Crippen molar-refractivity contribution in [3.63, 3.8) is 0 Å². The highest BCUT2D eigenvalue weighted by molar-refractivity contribution is 5.32. The predicted molar refractivity (Wildman–Crippen MR) is 70.1 cm³/mol. The second-order valence-electron chi connectivity index (χ2n) is 6.19. The fraction of sp³-hybridized carbons (Fsp3) is 0.667. The first-order valence-electron chi connectivity index (χ1n) is 6.60. The van der Waals surface area contributed by atoms with Crippen LogP contribution in [0.4, 0.5) is 0 Å². The molecule has 0 fully saturated rings. The Labute approximate surface area is 104 Å². The molecule has 0 aromatic carbocycles. The smallest absolute Gasteiger partial charge is 0.107 e. The zero-order valence-corrected chi connectivity index (χ0v) is 11.4. The molecule has 0 bridgehead atoms. The third-order valence-corrected chi connectivity index (χ3v) is 3.81. The van der Waals surface area contributed by atoms with E-state index in [-0.39, 0.29) is 5.41 Å². The van der Waals surface area contributed by atoms with Gasteiger partial charge in [0.25, 0.3) is 0 Å². The summed E-state index contributed by atoms with van der Waals surface area (Å²) < 4.78 is 0. The van der Waals surface area contributed by atoms with Crippen LogP contribution in [0.25, 0.3) is 0 Å². The zero-order chi connectivity index (χ0) is 12.7. The van der Waals surface area contributed by atoms with E-state index in [1.54, 1.807) is 0 Å². The Hall–Kier alpha value is -0.890. The Morgan fingerprint density at radius 3 is 2.65 bits per heavy atom. The number of hydrogen-bond donors (Lipinski definition) is 1. The van der Waals surface area contributed by atoms with Gasteiger partial charge >= 0.3 is 0 Å². The predicted octanol–water partition coefficient (Wildman–Crippen LogP) is 3.31. The summed E-state index contributed by atoms with van der Waals surface area (Å²) in [6.07, 6.45) is 3.71. The van der Waals surface area contributed by atoms with Gasteiger partial charge in [0.1, 0.15) is 5.60 Å². The molecule has 1 aliphatic rings. The molecule has 1 aliphatic carbocycles. The largest absolute Gasteiger partial charge is 0.384 e. The molecule has 0 radical (unpaired) electrons. The third-order valence-electron chi connectivity index (χ3n) is 3.81. The van der Waals surface area contributed by atoms with E-state index in [0.717, 1.165) is 37.1 Å². The lowest BCUT2D eigenvalue weighted by atomic mass is 9.80. The van der Waals surface area contributed by atoms with E-state index < -0.39 is 5.60 Å². The Bertz CT molecular complexity index is 419. The molecule has 17 heavy (non-hydrogen) atoms. The van der Waals surface area contributed by atoms with Gasteiger partial charge in [-0.05, 0) is 37.3 Å². The van der Waals surface area contributed by atoms with Gasteiger partial charge in [-0.3, -0.25) is 4.98 Å². The summed E-state index contributed by atoms with van der Waals surface area (Å²) in [5.74, 6) is 0. The maximum atomic E-state index is 10.7. The van der Waals surface area contributed by atoms with Crippen LogP contribution in [-0.2, 0) is 17.4 Å². The van der Waals surface area contributed by atoms with Gasteiger partial charge in [-0.25, -0.2) is 0 Å². The highest BCUT2D eigenvalue weighted by Gasteiger charge is 2.35. The summed E-state index contributed by atoms with van der Waals surface area (Å²) in [4.78, 5) is 4.76. The van der Waals surface area contributed by atoms with E-state index in [1.807, 2.05) is 6.92 Å². The topological polar surface area (TPSA) is 33.1 Å². The molecule has 1 atom stereocenters. The van der Waals surface area contributed by atoms with Gasteiger partial charge in [0.2, 0.25) is 0 Å². The minimum atomic E-state index is -0.700. The van der Waals surface area contributed by atoms with Gasteiger partial charge in [-0.2, -0.15) is 0 Å². The maximum absolute atomic E-state index is 10.7. The number of pyridine rings is 1. The van der Waals surface area contributed by atoms with Crippen molar-refractivity contribution in [1.29, 1.82) is 0 Å². The van der Waals surface area contributed by atoms with E-state index in [4.69, 9.17) is 4.98 Å². The molecule has 1 unspecified atom stereocenters.